The van der Waals surface area contributed by atoms with Crippen molar-refractivity contribution in [2.75, 3.05) is 13.7 Å². The van der Waals surface area contributed by atoms with Gasteiger partial charge in [0, 0.05) is 31.8 Å². The molecule has 0 saturated carbocycles. The van der Waals surface area contributed by atoms with Gasteiger partial charge in [-0.2, -0.15) is 0 Å². The molecule has 1 aliphatic rings. The number of amides is 1. The number of carbonyl (C=O) groups excluding carboxylic acids is 2. The van der Waals surface area contributed by atoms with Gasteiger partial charge in [-0.15, -0.1) is 0 Å². The van der Waals surface area contributed by atoms with Crippen molar-refractivity contribution in [3.05, 3.63) is 82.8 Å². The maximum Gasteiger partial charge on any atom is 0.339 e. The number of hydrogen-bond acceptors (Lipinski definition) is 6. The van der Waals surface area contributed by atoms with Crippen molar-refractivity contribution >= 4 is 11.9 Å². The monoisotopic (exact) mass is 377 g/mol. The number of oxazole rings is 1. The number of ether oxygens (including phenoxy) is 1. The first-order valence-electron chi connectivity index (χ1n) is 8.98. The van der Waals surface area contributed by atoms with Crippen LogP contribution in [0.15, 0.2) is 53.2 Å². The Bertz CT molecular complexity index is 1010. The van der Waals surface area contributed by atoms with Crippen LogP contribution in [0.3, 0.4) is 0 Å². The van der Waals surface area contributed by atoms with Crippen molar-refractivity contribution < 1.29 is 18.7 Å². The van der Waals surface area contributed by atoms with E-state index < -0.39 is 5.97 Å². The molecule has 0 N–H and O–H groups in total. The summed E-state index contributed by atoms with van der Waals surface area (Å²) < 4.78 is 10.6. The molecule has 3 heterocycles. The van der Waals surface area contributed by atoms with Gasteiger partial charge in [0.2, 0.25) is 0 Å². The van der Waals surface area contributed by atoms with Gasteiger partial charge in [0.1, 0.15) is 11.5 Å². The topological polar surface area (TPSA) is 85.5 Å². The minimum atomic E-state index is -0.523. The summed E-state index contributed by atoms with van der Waals surface area (Å²) in [6.07, 6.45) is 4.05. The fraction of sp³-hybridized carbons (Fsp3) is 0.238. The molecule has 1 aliphatic heterocycles. The van der Waals surface area contributed by atoms with Crippen LogP contribution in [0, 0.1) is 0 Å². The van der Waals surface area contributed by atoms with Gasteiger partial charge in [-0.05, 0) is 11.6 Å². The molecular formula is C21H19N3O4. The van der Waals surface area contributed by atoms with Crippen molar-refractivity contribution in [2.24, 2.45) is 0 Å². The van der Waals surface area contributed by atoms with Gasteiger partial charge in [-0.1, -0.05) is 30.3 Å². The number of hydrogen-bond donors (Lipinski definition) is 0. The third-order valence-electron chi connectivity index (χ3n) is 4.66. The van der Waals surface area contributed by atoms with E-state index in [1.165, 1.54) is 25.6 Å². The first-order chi connectivity index (χ1) is 13.6. The highest BCUT2D eigenvalue weighted by Crippen LogP contribution is 2.23. The molecule has 0 saturated heterocycles. The maximum atomic E-state index is 12.8. The summed E-state index contributed by atoms with van der Waals surface area (Å²) in [6.45, 7) is 0.892. The Balaban J connectivity index is 1.49. The number of aromatic nitrogens is 2. The Morgan fingerprint density at radius 2 is 1.96 bits per heavy atom. The smallest absolute Gasteiger partial charge is 0.339 e. The SMILES string of the molecule is COC(=O)c1cncc(C(=O)N2CCc3oc(Cc4ccccc4)nc3C2)c1. The summed E-state index contributed by atoms with van der Waals surface area (Å²) in [7, 11) is 1.29. The lowest BCUT2D eigenvalue weighted by atomic mass is 10.1. The Morgan fingerprint density at radius 3 is 2.75 bits per heavy atom. The summed E-state index contributed by atoms with van der Waals surface area (Å²) >= 11 is 0. The van der Waals surface area contributed by atoms with Gasteiger partial charge in [0.15, 0.2) is 5.89 Å². The molecule has 7 heteroatoms. The highest BCUT2D eigenvalue weighted by molar-refractivity contribution is 5.97. The molecule has 3 aromatic rings. The third-order valence-corrected chi connectivity index (χ3v) is 4.66. The quantitative estimate of drug-likeness (QED) is 0.650. The molecule has 0 fully saturated rings. The minimum Gasteiger partial charge on any atom is -0.465 e. The van der Waals surface area contributed by atoms with Crippen molar-refractivity contribution in [1.82, 2.24) is 14.9 Å². The largest absolute Gasteiger partial charge is 0.465 e. The van der Waals surface area contributed by atoms with E-state index >= 15 is 0 Å². The van der Waals surface area contributed by atoms with Crippen molar-refractivity contribution in [1.29, 1.82) is 0 Å². The molecule has 1 amide bonds. The van der Waals surface area contributed by atoms with E-state index in [0.717, 1.165) is 17.0 Å². The predicted molar refractivity (Wildman–Crippen MR) is 99.8 cm³/mol. The first-order valence-corrected chi connectivity index (χ1v) is 8.98. The van der Waals surface area contributed by atoms with Crippen molar-refractivity contribution in [3.8, 4) is 0 Å². The van der Waals surface area contributed by atoms with Crippen molar-refractivity contribution in [3.63, 3.8) is 0 Å². The molecule has 0 radical (unpaired) electrons. The standard InChI is InChI=1S/C21H19N3O4/c1-27-21(26)16-10-15(11-22-12-16)20(25)24-8-7-18-17(13-24)23-19(28-18)9-14-5-3-2-4-6-14/h2-6,10-12H,7-9,13H2,1H3. The molecule has 1 aromatic carbocycles. The molecule has 2 aromatic heterocycles. The minimum absolute atomic E-state index is 0.198. The lowest BCUT2D eigenvalue weighted by molar-refractivity contribution is 0.0600. The highest BCUT2D eigenvalue weighted by Gasteiger charge is 2.26. The van der Waals surface area contributed by atoms with Gasteiger partial charge in [-0.25, -0.2) is 9.78 Å². The molecule has 7 nitrogen and oxygen atoms in total. The molecule has 0 bridgehead atoms. The Labute approximate surface area is 162 Å². The number of benzene rings is 1. The van der Waals surface area contributed by atoms with Crippen LogP contribution < -0.4 is 0 Å². The highest BCUT2D eigenvalue weighted by atomic mass is 16.5. The first kappa shape index (κ1) is 17.9. The molecule has 142 valence electrons. The second kappa shape index (κ2) is 7.64. The van der Waals surface area contributed by atoms with Gasteiger partial charge >= 0.3 is 5.97 Å². The number of nitrogens with zero attached hydrogens (tertiary/aromatic N) is 3. The molecule has 0 aliphatic carbocycles. The summed E-state index contributed by atoms with van der Waals surface area (Å²) in [5.74, 6) is 0.762. The predicted octanol–water partition coefficient (Wildman–Crippen LogP) is 2.65. The Hall–Kier alpha value is -3.48. The van der Waals surface area contributed by atoms with Crippen LogP contribution in [0.5, 0.6) is 0 Å². The third kappa shape index (κ3) is 3.64. The normalized spacial score (nSPS) is 13.1. The number of pyridine rings is 1. The van der Waals surface area contributed by atoms with Gasteiger partial charge in [0.25, 0.3) is 5.91 Å². The van der Waals surface area contributed by atoms with E-state index in [4.69, 9.17) is 4.42 Å². The zero-order valence-corrected chi connectivity index (χ0v) is 15.4. The van der Waals surface area contributed by atoms with Crippen LogP contribution in [0.4, 0.5) is 0 Å². The van der Waals surface area contributed by atoms with Crippen LogP contribution in [0.25, 0.3) is 0 Å². The Kier molecular flexibility index (Phi) is 4.89. The molecule has 0 atom stereocenters. The zero-order chi connectivity index (χ0) is 19.5. The second-order valence-corrected chi connectivity index (χ2v) is 6.57. The lowest BCUT2D eigenvalue weighted by Gasteiger charge is -2.25. The lowest BCUT2D eigenvalue weighted by Crippen LogP contribution is -2.36. The van der Waals surface area contributed by atoms with E-state index in [9.17, 15) is 9.59 Å². The van der Waals surface area contributed by atoms with Crippen molar-refractivity contribution in [2.45, 2.75) is 19.4 Å². The zero-order valence-electron chi connectivity index (χ0n) is 15.4. The number of esters is 1. The number of methoxy groups -OCH3 is 1. The summed E-state index contributed by atoms with van der Waals surface area (Å²) in [5.41, 5.74) is 2.50. The summed E-state index contributed by atoms with van der Waals surface area (Å²) in [4.78, 5) is 34.8. The van der Waals surface area contributed by atoms with Crippen LogP contribution in [-0.2, 0) is 24.1 Å². The van der Waals surface area contributed by atoms with E-state index in [0.29, 0.717) is 37.4 Å². The van der Waals surface area contributed by atoms with E-state index in [1.54, 1.807) is 4.90 Å². The molecular weight excluding hydrogens is 358 g/mol. The van der Waals surface area contributed by atoms with Crippen LogP contribution in [0.2, 0.25) is 0 Å². The fourth-order valence-corrected chi connectivity index (χ4v) is 3.24. The van der Waals surface area contributed by atoms with Gasteiger partial charge in [0.05, 0.1) is 24.8 Å². The van der Waals surface area contributed by atoms with E-state index in [1.807, 2.05) is 30.3 Å². The second-order valence-electron chi connectivity index (χ2n) is 6.57. The number of carbonyl (C=O) groups is 2. The average molecular weight is 377 g/mol. The molecule has 4 rings (SSSR count). The number of rotatable bonds is 4. The number of fused-ring (bicyclic) bond motifs is 1. The van der Waals surface area contributed by atoms with Gasteiger partial charge < -0.3 is 14.1 Å². The molecule has 0 unspecified atom stereocenters. The van der Waals surface area contributed by atoms with E-state index in [-0.39, 0.29) is 11.5 Å². The Morgan fingerprint density at radius 1 is 1.18 bits per heavy atom. The van der Waals surface area contributed by atoms with Gasteiger partial charge in [-0.3, -0.25) is 9.78 Å². The fourth-order valence-electron chi connectivity index (χ4n) is 3.24. The maximum absolute atomic E-state index is 12.8. The summed E-state index contributed by atoms with van der Waals surface area (Å²) in [5, 5.41) is 0. The molecule has 0 spiro atoms. The summed E-state index contributed by atoms with van der Waals surface area (Å²) in [6, 6.07) is 11.5. The van der Waals surface area contributed by atoms with Crippen LogP contribution >= 0.6 is 0 Å². The van der Waals surface area contributed by atoms with Crippen LogP contribution in [0.1, 0.15) is 43.6 Å². The van der Waals surface area contributed by atoms with Crippen LogP contribution in [-0.4, -0.2) is 40.4 Å². The van der Waals surface area contributed by atoms with E-state index in [2.05, 4.69) is 14.7 Å². The average Bonchev–Trinajstić information content (AvgIpc) is 3.14. The molecule has 28 heavy (non-hydrogen) atoms.